The molecule has 182 valence electrons. The van der Waals surface area contributed by atoms with E-state index < -0.39 is 17.6 Å². The molecule has 0 bridgehead atoms. The predicted molar refractivity (Wildman–Crippen MR) is 118 cm³/mol. The third kappa shape index (κ3) is 5.49. The maximum Gasteiger partial charge on any atom is 0.416 e. The van der Waals surface area contributed by atoms with Crippen LogP contribution in [0.1, 0.15) is 53.2 Å². The number of amides is 2. The predicted octanol–water partition coefficient (Wildman–Crippen LogP) is 3.06. The molecule has 7 nitrogen and oxygen atoms in total. The Morgan fingerprint density at radius 2 is 1.82 bits per heavy atom. The highest BCUT2D eigenvalue weighted by molar-refractivity contribution is 5.96. The van der Waals surface area contributed by atoms with Crippen LogP contribution < -0.4 is 10.6 Å². The minimum absolute atomic E-state index is 0.0126. The van der Waals surface area contributed by atoms with Crippen molar-refractivity contribution in [2.75, 3.05) is 19.6 Å². The van der Waals surface area contributed by atoms with Gasteiger partial charge in [-0.25, -0.2) is 0 Å². The SMILES string of the molecule is O=C(NCC(=O)N(C1CCC(c2cc(O)ccn2)CC1)C1CNC1)c1cccc(C(F)(F)F)c1. The van der Waals surface area contributed by atoms with E-state index in [0.717, 1.165) is 43.5 Å². The largest absolute Gasteiger partial charge is 0.508 e. The molecule has 2 fully saturated rings. The molecule has 2 aromatic rings. The van der Waals surface area contributed by atoms with Crippen LogP contribution in [0, 0.1) is 0 Å². The Hall–Kier alpha value is -3.14. The maximum absolute atomic E-state index is 13.1. The molecule has 3 N–H and O–H groups in total. The highest BCUT2D eigenvalue weighted by atomic mass is 19.4. The number of nitrogens with zero attached hydrogens (tertiary/aromatic N) is 2. The van der Waals surface area contributed by atoms with E-state index in [1.165, 1.54) is 18.2 Å². The van der Waals surface area contributed by atoms with Gasteiger partial charge >= 0.3 is 6.18 Å². The van der Waals surface area contributed by atoms with Gasteiger partial charge in [-0.3, -0.25) is 14.6 Å². The van der Waals surface area contributed by atoms with Crippen molar-refractivity contribution in [3.63, 3.8) is 0 Å². The van der Waals surface area contributed by atoms with Crippen molar-refractivity contribution < 1.29 is 27.9 Å². The lowest BCUT2D eigenvalue weighted by Crippen LogP contribution is -2.63. The number of aromatic nitrogens is 1. The van der Waals surface area contributed by atoms with Gasteiger partial charge in [-0.15, -0.1) is 0 Å². The second-order valence-corrected chi connectivity index (χ2v) is 8.82. The Morgan fingerprint density at radius 1 is 1.09 bits per heavy atom. The summed E-state index contributed by atoms with van der Waals surface area (Å²) in [6.45, 7) is 1.06. The number of hydrogen-bond donors (Lipinski definition) is 3. The van der Waals surface area contributed by atoms with E-state index in [-0.39, 0.29) is 41.8 Å². The highest BCUT2D eigenvalue weighted by Gasteiger charge is 2.37. The first-order valence-electron chi connectivity index (χ1n) is 11.3. The van der Waals surface area contributed by atoms with Crippen LogP contribution >= 0.6 is 0 Å². The van der Waals surface area contributed by atoms with Crippen molar-refractivity contribution in [3.8, 4) is 5.75 Å². The van der Waals surface area contributed by atoms with Crippen LogP contribution in [0.4, 0.5) is 13.2 Å². The standard InChI is InChI=1S/C24H27F3N4O3/c25-24(26,27)17-3-1-2-16(10-17)23(34)30-14-22(33)31(19-12-28-13-19)18-6-4-15(5-7-18)21-11-20(32)8-9-29-21/h1-3,8-11,15,18-19,28H,4-7,12-14H2,(H,29,32)(H,30,34). The monoisotopic (exact) mass is 476 g/mol. The van der Waals surface area contributed by atoms with Crippen molar-refractivity contribution in [1.82, 2.24) is 20.5 Å². The smallest absolute Gasteiger partial charge is 0.416 e. The molecule has 10 heteroatoms. The number of rotatable bonds is 6. The minimum atomic E-state index is -4.55. The zero-order valence-corrected chi connectivity index (χ0v) is 18.5. The van der Waals surface area contributed by atoms with Gasteiger partial charge in [-0.1, -0.05) is 6.07 Å². The summed E-state index contributed by atoms with van der Waals surface area (Å²) in [6, 6.07) is 7.39. The van der Waals surface area contributed by atoms with Crippen LogP contribution in [-0.4, -0.2) is 58.5 Å². The Bertz CT molecular complexity index is 1030. The molecule has 1 aliphatic heterocycles. The van der Waals surface area contributed by atoms with Crippen LogP contribution in [-0.2, 0) is 11.0 Å². The molecule has 0 atom stereocenters. The second-order valence-electron chi connectivity index (χ2n) is 8.82. The molecule has 2 aliphatic rings. The first-order chi connectivity index (χ1) is 16.2. The van der Waals surface area contributed by atoms with Crippen LogP contribution in [0.3, 0.4) is 0 Å². The average Bonchev–Trinajstić information content (AvgIpc) is 2.79. The van der Waals surface area contributed by atoms with E-state index in [9.17, 15) is 27.9 Å². The van der Waals surface area contributed by atoms with Gasteiger partial charge in [0.1, 0.15) is 5.75 Å². The first-order valence-corrected chi connectivity index (χ1v) is 11.3. The summed E-state index contributed by atoms with van der Waals surface area (Å²) in [5.41, 5.74) is -0.208. The van der Waals surface area contributed by atoms with Crippen molar-refractivity contribution in [1.29, 1.82) is 0 Å². The Kier molecular flexibility index (Phi) is 7.06. The van der Waals surface area contributed by atoms with E-state index >= 15 is 0 Å². The number of benzene rings is 1. The van der Waals surface area contributed by atoms with E-state index in [2.05, 4.69) is 15.6 Å². The zero-order valence-electron chi connectivity index (χ0n) is 18.5. The molecule has 1 saturated heterocycles. The highest BCUT2D eigenvalue weighted by Crippen LogP contribution is 2.35. The summed E-state index contributed by atoms with van der Waals surface area (Å²) in [5, 5.41) is 15.4. The van der Waals surface area contributed by atoms with Crippen molar-refractivity contribution >= 4 is 11.8 Å². The fourth-order valence-corrected chi connectivity index (χ4v) is 4.67. The summed E-state index contributed by atoms with van der Waals surface area (Å²) in [7, 11) is 0. The average molecular weight is 476 g/mol. The van der Waals surface area contributed by atoms with Crippen LogP contribution in [0.25, 0.3) is 0 Å². The van der Waals surface area contributed by atoms with Crippen molar-refractivity contribution in [3.05, 3.63) is 59.4 Å². The topological polar surface area (TPSA) is 94.6 Å². The molecule has 2 heterocycles. The molecule has 34 heavy (non-hydrogen) atoms. The van der Waals surface area contributed by atoms with E-state index in [1.807, 2.05) is 4.90 Å². The lowest BCUT2D eigenvalue weighted by molar-refractivity contribution is -0.138. The number of halogens is 3. The second kappa shape index (κ2) is 10.0. The maximum atomic E-state index is 13.1. The van der Waals surface area contributed by atoms with E-state index in [0.29, 0.717) is 13.1 Å². The normalized spacial score (nSPS) is 20.9. The molecule has 0 spiro atoms. The first kappa shape index (κ1) is 24.0. The van der Waals surface area contributed by atoms with Gasteiger partial charge in [-0.05, 0) is 49.9 Å². The molecule has 2 amide bonds. The molecular weight excluding hydrogens is 449 g/mol. The van der Waals surface area contributed by atoms with Gasteiger partial charge < -0.3 is 20.6 Å². The Balaban J connectivity index is 1.37. The quantitative estimate of drug-likeness (QED) is 0.596. The van der Waals surface area contributed by atoms with Gasteiger partial charge in [0.25, 0.3) is 5.91 Å². The molecular formula is C24H27F3N4O3. The lowest BCUT2D eigenvalue weighted by atomic mass is 9.82. The fourth-order valence-electron chi connectivity index (χ4n) is 4.67. The van der Waals surface area contributed by atoms with Gasteiger partial charge in [0.05, 0.1) is 18.2 Å². The lowest BCUT2D eigenvalue weighted by Gasteiger charge is -2.45. The molecule has 1 saturated carbocycles. The van der Waals surface area contributed by atoms with Crippen molar-refractivity contribution in [2.45, 2.75) is 49.9 Å². The number of pyridine rings is 1. The molecule has 0 radical (unpaired) electrons. The number of alkyl halides is 3. The summed E-state index contributed by atoms with van der Waals surface area (Å²) in [6.07, 6.45) is 0.216. The number of aromatic hydroxyl groups is 1. The molecule has 1 aromatic carbocycles. The Morgan fingerprint density at radius 3 is 2.44 bits per heavy atom. The molecule has 1 aromatic heterocycles. The summed E-state index contributed by atoms with van der Waals surface area (Å²) in [5.74, 6) is -0.572. The summed E-state index contributed by atoms with van der Waals surface area (Å²) >= 11 is 0. The summed E-state index contributed by atoms with van der Waals surface area (Å²) < 4.78 is 38.8. The third-order valence-electron chi connectivity index (χ3n) is 6.57. The zero-order chi connectivity index (χ0) is 24.3. The number of carbonyl (C=O) groups excluding carboxylic acids is 2. The van der Waals surface area contributed by atoms with Crippen LogP contribution in [0.2, 0.25) is 0 Å². The third-order valence-corrected chi connectivity index (χ3v) is 6.57. The Labute approximate surface area is 195 Å². The molecule has 1 aliphatic carbocycles. The number of hydrogen-bond acceptors (Lipinski definition) is 5. The van der Waals surface area contributed by atoms with E-state index in [4.69, 9.17) is 0 Å². The molecule has 0 unspecified atom stereocenters. The number of carbonyl (C=O) groups is 2. The van der Waals surface area contributed by atoms with Gasteiger partial charge in [0.2, 0.25) is 5.91 Å². The number of nitrogens with one attached hydrogen (secondary N) is 2. The van der Waals surface area contributed by atoms with Crippen LogP contribution in [0.5, 0.6) is 5.75 Å². The molecule has 4 rings (SSSR count). The minimum Gasteiger partial charge on any atom is -0.508 e. The van der Waals surface area contributed by atoms with Gasteiger partial charge in [0.15, 0.2) is 0 Å². The van der Waals surface area contributed by atoms with E-state index in [1.54, 1.807) is 12.3 Å². The van der Waals surface area contributed by atoms with Crippen LogP contribution in [0.15, 0.2) is 42.6 Å². The summed E-state index contributed by atoms with van der Waals surface area (Å²) in [4.78, 5) is 31.7. The van der Waals surface area contributed by atoms with Gasteiger partial charge in [0, 0.05) is 48.6 Å². The van der Waals surface area contributed by atoms with Crippen molar-refractivity contribution in [2.24, 2.45) is 0 Å². The fraction of sp³-hybridized carbons (Fsp3) is 0.458. The van der Waals surface area contributed by atoms with Gasteiger partial charge in [-0.2, -0.15) is 13.2 Å².